The molecule has 0 N–H and O–H groups in total. The molecular formula is C36H25Cl2NO2. The topological polar surface area (TPSA) is 37.4 Å². The number of nitrogens with zero attached hydrogens (tertiary/aromatic N) is 1. The second-order valence-electron chi connectivity index (χ2n) is 11.3. The van der Waals surface area contributed by atoms with Gasteiger partial charge in [-0.3, -0.25) is 9.59 Å². The van der Waals surface area contributed by atoms with Gasteiger partial charge in [-0.15, -0.1) is 0 Å². The highest BCUT2D eigenvalue weighted by Crippen LogP contribution is 2.53. The Morgan fingerprint density at radius 2 is 1.39 bits per heavy atom. The summed E-state index contributed by atoms with van der Waals surface area (Å²) in [6, 6.07) is 30.6. The highest BCUT2D eigenvalue weighted by molar-refractivity contribution is 6.46. The SMILES string of the molecule is Cc1ccc(N2c3ccccc3C(C)(C)c3c2ccc2cc(C=C4C(=O)c5cc(Cl)c(Cl)cc5C4=O)ccc32)cc1. The van der Waals surface area contributed by atoms with Crippen LogP contribution in [0.15, 0.2) is 96.6 Å². The predicted octanol–water partition coefficient (Wildman–Crippen LogP) is 10.0. The lowest BCUT2D eigenvalue weighted by atomic mass is 9.71. The van der Waals surface area contributed by atoms with E-state index in [1.165, 1.54) is 34.5 Å². The molecule has 0 radical (unpaired) electrons. The lowest BCUT2D eigenvalue weighted by Crippen LogP contribution is -2.30. The van der Waals surface area contributed by atoms with Crippen molar-refractivity contribution in [2.45, 2.75) is 26.2 Å². The first kappa shape index (κ1) is 25.8. The van der Waals surface area contributed by atoms with Crippen molar-refractivity contribution < 1.29 is 9.59 Å². The molecule has 7 rings (SSSR count). The number of ketones is 2. The van der Waals surface area contributed by atoms with E-state index in [0.29, 0.717) is 11.1 Å². The Hall–Kier alpha value is -4.18. The van der Waals surface area contributed by atoms with Crippen LogP contribution in [0.2, 0.25) is 10.0 Å². The Kier molecular flexibility index (Phi) is 5.76. The van der Waals surface area contributed by atoms with Crippen molar-refractivity contribution in [2.24, 2.45) is 0 Å². The average Bonchev–Trinajstić information content (AvgIpc) is 3.18. The number of hydrogen-bond donors (Lipinski definition) is 0. The first-order chi connectivity index (χ1) is 19.6. The van der Waals surface area contributed by atoms with Gasteiger partial charge >= 0.3 is 0 Å². The number of carbonyl (C=O) groups excluding carboxylic acids is 2. The van der Waals surface area contributed by atoms with Crippen molar-refractivity contribution in [3.05, 3.63) is 140 Å². The minimum Gasteiger partial charge on any atom is -0.310 e. The molecule has 41 heavy (non-hydrogen) atoms. The van der Waals surface area contributed by atoms with Crippen molar-refractivity contribution in [1.29, 1.82) is 0 Å². The number of halogens is 2. The monoisotopic (exact) mass is 573 g/mol. The van der Waals surface area contributed by atoms with Crippen LogP contribution in [0.1, 0.15) is 56.8 Å². The fourth-order valence-electron chi connectivity index (χ4n) is 6.32. The summed E-state index contributed by atoms with van der Waals surface area (Å²) in [4.78, 5) is 28.6. The average molecular weight is 575 g/mol. The molecule has 0 aromatic heterocycles. The van der Waals surface area contributed by atoms with Crippen LogP contribution in [0.5, 0.6) is 0 Å². The van der Waals surface area contributed by atoms with Gasteiger partial charge in [-0.25, -0.2) is 0 Å². The maximum Gasteiger partial charge on any atom is 0.197 e. The number of anilines is 3. The number of rotatable bonds is 2. The lowest BCUT2D eigenvalue weighted by molar-refractivity contribution is 0.0990. The van der Waals surface area contributed by atoms with E-state index in [0.717, 1.165) is 27.7 Å². The molecule has 1 aliphatic carbocycles. The highest BCUT2D eigenvalue weighted by atomic mass is 35.5. The van der Waals surface area contributed by atoms with Gasteiger partial charge in [-0.05, 0) is 82.9 Å². The van der Waals surface area contributed by atoms with Crippen LogP contribution in [0, 0.1) is 6.92 Å². The molecule has 200 valence electrons. The smallest absolute Gasteiger partial charge is 0.197 e. The maximum absolute atomic E-state index is 13.1. The van der Waals surface area contributed by atoms with E-state index in [2.05, 4.69) is 92.4 Å². The highest BCUT2D eigenvalue weighted by Gasteiger charge is 2.38. The third kappa shape index (κ3) is 3.88. The summed E-state index contributed by atoms with van der Waals surface area (Å²) < 4.78 is 0. The van der Waals surface area contributed by atoms with Crippen LogP contribution in [0.25, 0.3) is 16.8 Å². The molecule has 0 saturated carbocycles. The first-order valence-electron chi connectivity index (χ1n) is 13.5. The predicted molar refractivity (Wildman–Crippen MR) is 169 cm³/mol. The zero-order valence-electron chi connectivity index (χ0n) is 22.8. The van der Waals surface area contributed by atoms with Crippen LogP contribution < -0.4 is 4.90 Å². The van der Waals surface area contributed by atoms with Gasteiger partial charge in [-0.2, -0.15) is 0 Å². The molecule has 2 aliphatic rings. The van der Waals surface area contributed by atoms with Gasteiger partial charge in [-0.1, -0.05) is 91.1 Å². The van der Waals surface area contributed by atoms with Crippen LogP contribution in [-0.2, 0) is 5.41 Å². The summed E-state index contributed by atoms with van der Waals surface area (Å²) in [5, 5.41) is 2.68. The largest absolute Gasteiger partial charge is 0.310 e. The number of hydrogen-bond acceptors (Lipinski definition) is 3. The van der Waals surface area contributed by atoms with Crippen LogP contribution in [0.3, 0.4) is 0 Å². The van der Waals surface area contributed by atoms with Gasteiger partial charge in [0.1, 0.15) is 0 Å². The van der Waals surface area contributed by atoms with Gasteiger partial charge in [0, 0.05) is 22.2 Å². The molecule has 0 saturated heterocycles. The molecule has 1 aliphatic heterocycles. The summed E-state index contributed by atoms with van der Waals surface area (Å²) in [5.41, 5.74) is 8.36. The zero-order valence-corrected chi connectivity index (χ0v) is 24.3. The van der Waals surface area contributed by atoms with E-state index < -0.39 is 0 Å². The molecule has 3 nitrogen and oxygen atoms in total. The van der Waals surface area contributed by atoms with Gasteiger partial charge in [0.2, 0.25) is 0 Å². The Labute approximate surface area is 248 Å². The Morgan fingerprint density at radius 1 is 0.732 bits per heavy atom. The van der Waals surface area contributed by atoms with Crippen LogP contribution in [-0.4, -0.2) is 11.6 Å². The molecule has 5 heteroatoms. The van der Waals surface area contributed by atoms with Crippen molar-refractivity contribution in [3.8, 4) is 0 Å². The van der Waals surface area contributed by atoms with E-state index in [1.54, 1.807) is 6.08 Å². The quantitative estimate of drug-likeness (QED) is 0.156. The summed E-state index contributed by atoms with van der Waals surface area (Å²) >= 11 is 12.3. The molecule has 0 amide bonds. The van der Waals surface area contributed by atoms with Crippen molar-refractivity contribution in [3.63, 3.8) is 0 Å². The summed E-state index contributed by atoms with van der Waals surface area (Å²) in [7, 11) is 0. The van der Waals surface area contributed by atoms with E-state index in [9.17, 15) is 9.59 Å². The van der Waals surface area contributed by atoms with Crippen molar-refractivity contribution in [2.75, 3.05) is 4.90 Å². The normalized spacial score (nSPS) is 15.1. The van der Waals surface area contributed by atoms with E-state index >= 15 is 0 Å². The number of carbonyl (C=O) groups is 2. The number of aryl methyl sites for hydroxylation is 1. The second-order valence-corrected chi connectivity index (χ2v) is 12.1. The molecule has 5 aromatic carbocycles. The molecule has 1 heterocycles. The third-order valence-corrected chi connectivity index (χ3v) is 9.07. The maximum atomic E-state index is 13.1. The zero-order chi connectivity index (χ0) is 28.6. The van der Waals surface area contributed by atoms with Crippen LogP contribution >= 0.6 is 23.2 Å². The van der Waals surface area contributed by atoms with Crippen LogP contribution in [0.4, 0.5) is 17.1 Å². The number of Topliss-reactive ketones (excluding diaryl/α,β-unsaturated/α-hetero) is 2. The summed E-state index contributed by atoms with van der Waals surface area (Å²) in [5.74, 6) is -0.666. The fourth-order valence-corrected chi connectivity index (χ4v) is 6.64. The first-order valence-corrected chi connectivity index (χ1v) is 14.2. The lowest BCUT2D eigenvalue weighted by Gasteiger charge is -2.42. The standard InChI is InChI=1S/C36H25Cl2NO2/c1-20-8-12-23(13-9-20)39-31-7-5-4-6-28(31)36(2,3)33-24-14-10-21(16-22(24)11-15-32(33)39)17-27-34(40)25-18-29(37)30(38)19-26(25)35(27)41/h4-19H,1-3H3. The molecular weight excluding hydrogens is 549 g/mol. The summed E-state index contributed by atoms with van der Waals surface area (Å²) in [6.07, 6.45) is 1.67. The number of fused-ring (bicyclic) bond motifs is 5. The van der Waals surface area contributed by atoms with Crippen molar-refractivity contribution in [1.82, 2.24) is 0 Å². The second kappa shape index (κ2) is 9.17. The summed E-state index contributed by atoms with van der Waals surface area (Å²) in [6.45, 7) is 6.65. The number of allylic oxidation sites excluding steroid dienone is 1. The minimum absolute atomic E-state index is 0.121. The van der Waals surface area contributed by atoms with Gasteiger partial charge < -0.3 is 4.90 Å². The van der Waals surface area contributed by atoms with Gasteiger partial charge in [0.15, 0.2) is 11.6 Å². The molecule has 0 fully saturated rings. The molecule has 5 aromatic rings. The molecule has 0 unspecified atom stereocenters. The fraction of sp³-hybridized carbons (Fsp3) is 0.111. The van der Waals surface area contributed by atoms with Gasteiger partial charge in [0.05, 0.1) is 27.0 Å². The Balaban J connectivity index is 1.38. The van der Waals surface area contributed by atoms with Gasteiger partial charge in [0.25, 0.3) is 0 Å². The Morgan fingerprint density at radius 3 is 2.07 bits per heavy atom. The van der Waals surface area contributed by atoms with Crippen molar-refractivity contribution >= 4 is 68.7 Å². The number of benzene rings is 5. The number of para-hydroxylation sites is 1. The van der Waals surface area contributed by atoms with E-state index in [4.69, 9.17) is 23.2 Å². The minimum atomic E-state index is -0.333. The van der Waals surface area contributed by atoms with E-state index in [-0.39, 0.29) is 32.6 Å². The third-order valence-electron chi connectivity index (χ3n) is 8.35. The Bertz CT molecular complexity index is 1940. The molecule has 0 atom stereocenters. The molecule has 0 spiro atoms. The molecule has 0 bridgehead atoms. The van der Waals surface area contributed by atoms with E-state index in [1.807, 2.05) is 12.1 Å².